The summed E-state index contributed by atoms with van der Waals surface area (Å²) in [7, 11) is 0. The number of nitrogens with zero attached hydrogens (tertiary/aromatic N) is 1. The molecule has 5 nitrogen and oxygen atoms in total. The molecule has 1 amide bonds. The molecule has 1 aromatic heterocycles. The molecule has 0 radical (unpaired) electrons. The molecule has 0 saturated carbocycles. The van der Waals surface area contributed by atoms with Crippen molar-refractivity contribution in [2.45, 2.75) is 13.0 Å². The summed E-state index contributed by atoms with van der Waals surface area (Å²) in [6.07, 6.45) is 0.307. The fourth-order valence-corrected chi connectivity index (χ4v) is 2.34. The Kier molecular flexibility index (Phi) is 4.73. The highest BCUT2D eigenvalue weighted by molar-refractivity contribution is 7.09. The molecule has 0 aliphatic carbocycles. The smallest absolute Gasteiger partial charge is 0.224 e. The molecule has 4 N–H and O–H groups in total. The fourth-order valence-electron chi connectivity index (χ4n) is 1.70. The third-order valence-corrected chi connectivity index (χ3v) is 3.64. The molecule has 1 heterocycles. The van der Waals surface area contributed by atoms with Gasteiger partial charge in [-0.05, 0) is 17.0 Å². The largest absolute Gasteiger partial charge is 0.409 e. The standard InChI is InChI=1S/C14H15N3O2S/c15-14(17-19)11-5-3-10(4-6-11)8-13(18)16-9-12-2-1-7-20-12/h1-7,19H,8-9H2,(H2,15,17)(H,16,18). The van der Waals surface area contributed by atoms with Crippen LogP contribution in [0.25, 0.3) is 0 Å². The highest BCUT2D eigenvalue weighted by Crippen LogP contribution is 2.08. The number of carbonyl (C=O) groups is 1. The molecule has 0 spiro atoms. The van der Waals surface area contributed by atoms with E-state index in [1.165, 1.54) is 0 Å². The van der Waals surface area contributed by atoms with Crippen LogP contribution in [0.1, 0.15) is 16.0 Å². The lowest BCUT2D eigenvalue weighted by molar-refractivity contribution is -0.120. The van der Waals surface area contributed by atoms with Gasteiger partial charge in [-0.3, -0.25) is 4.79 Å². The second-order valence-electron chi connectivity index (χ2n) is 4.22. The Labute approximate surface area is 120 Å². The summed E-state index contributed by atoms with van der Waals surface area (Å²) in [6.45, 7) is 0.554. The summed E-state index contributed by atoms with van der Waals surface area (Å²) in [4.78, 5) is 12.9. The van der Waals surface area contributed by atoms with Crippen molar-refractivity contribution in [1.29, 1.82) is 0 Å². The van der Waals surface area contributed by atoms with E-state index in [0.717, 1.165) is 10.4 Å². The van der Waals surface area contributed by atoms with Gasteiger partial charge in [0.25, 0.3) is 0 Å². The van der Waals surface area contributed by atoms with E-state index in [4.69, 9.17) is 10.9 Å². The molecule has 0 atom stereocenters. The maximum Gasteiger partial charge on any atom is 0.224 e. The highest BCUT2D eigenvalue weighted by atomic mass is 32.1. The minimum absolute atomic E-state index is 0.0325. The van der Waals surface area contributed by atoms with Gasteiger partial charge in [-0.1, -0.05) is 35.5 Å². The molecule has 6 heteroatoms. The van der Waals surface area contributed by atoms with E-state index in [0.29, 0.717) is 18.5 Å². The van der Waals surface area contributed by atoms with E-state index in [-0.39, 0.29) is 11.7 Å². The lowest BCUT2D eigenvalue weighted by Gasteiger charge is -2.05. The highest BCUT2D eigenvalue weighted by Gasteiger charge is 2.05. The molecule has 0 aliphatic heterocycles. The van der Waals surface area contributed by atoms with E-state index in [9.17, 15) is 4.79 Å². The number of benzene rings is 1. The Bertz CT molecular complexity index is 591. The van der Waals surface area contributed by atoms with Crippen molar-refractivity contribution >= 4 is 23.1 Å². The quantitative estimate of drug-likeness (QED) is 0.339. The van der Waals surface area contributed by atoms with E-state index < -0.39 is 0 Å². The Morgan fingerprint density at radius 2 is 2.05 bits per heavy atom. The zero-order valence-corrected chi connectivity index (χ0v) is 11.6. The van der Waals surface area contributed by atoms with Crippen LogP contribution in [0.5, 0.6) is 0 Å². The number of amidine groups is 1. The Hall–Kier alpha value is -2.34. The molecule has 104 valence electrons. The van der Waals surface area contributed by atoms with Crippen molar-refractivity contribution in [3.8, 4) is 0 Å². The van der Waals surface area contributed by atoms with Crippen LogP contribution >= 0.6 is 11.3 Å². The van der Waals surface area contributed by atoms with Gasteiger partial charge in [-0.25, -0.2) is 0 Å². The first kappa shape index (κ1) is 14.1. The molecule has 20 heavy (non-hydrogen) atoms. The van der Waals surface area contributed by atoms with Crippen LogP contribution in [0, 0.1) is 0 Å². The predicted molar refractivity (Wildman–Crippen MR) is 78.8 cm³/mol. The Balaban J connectivity index is 1.88. The summed E-state index contributed by atoms with van der Waals surface area (Å²) in [6, 6.07) is 11.0. The van der Waals surface area contributed by atoms with Crippen molar-refractivity contribution in [1.82, 2.24) is 5.32 Å². The van der Waals surface area contributed by atoms with Gasteiger partial charge in [0.05, 0.1) is 13.0 Å². The van der Waals surface area contributed by atoms with E-state index in [1.54, 1.807) is 35.6 Å². The molecule has 0 fully saturated rings. The van der Waals surface area contributed by atoms with Crippen molar-refractivity contribution in [2.75, 3.05) is 0 Å². The summed E-state index contributed by atoms with van der Waals surface area (Å²) in [5.41, 5.74) is 6.97. The maximum atomic E-state index is 11.8. The van der Waals surface area contributed by atoms with E-state index in [1.807, 2.05) is 17.5 Å². The fraction of sp³-hybridized carbons (Fsp3) is 0.143. The van der Waals surface area contributed by atoms with Gasteiger partial charge in [0.1, 0.15) is 0 Å². The number of oxime groups is 1. The number of nitrogens with two attached hydrogens (primary N) is 1. The van der Waals surface area contributed by atoms with Gasteiger partial charge in [-0.15, -0.1) is 11.3 Å². The summed E-state index contributed by atoms with van der Waals surface area (Å²) in [5, 5.41) is 16.3. The third kappa shape index (κ3) is 3.83. The molecular weight excluding hydrogens is 274 g/mol. The van der Waals surface area contributed by atoms with E-state index >= 15 is 0 Å². The topological polar surface area (TPSA) is 87.7 Å². The first-order valence-corrected chi connectivity index (χ1v) is 6.93. The first-order chi connectivity index (χ1) is 9.69. The number of rotatable bonds is 5. The van der Waals surface area contributed by atoms with Crippen LogP contribution < -0.4 is 11.1 Å². The lowest BCUT2D eigenvalue weighted by atomic mass is 10.1. The number of amides is 1. The van der Waals surface area contributed by atoms with Crippen molar-refractivity contribution in [2.24, 2.45) is 10.9 Å². The molecule has 0 unspecified atom stereocenters. The average molecular weight is 289 g/mol. The van der Waals surface area contributed by atoms with Crippen LogP contribution in [0.2, 0.25) is 0 Å². The molecular formula is C14H15N3O2S. The van der Waals surface area contributed by atoms with Crippen LogP contribution in [-0.2, 0) is 17.8 Å². The van der Waals surface area contributed by atoms with Gasteiger partial charge in [0.2, 0.25) is 5.91 Å². The molecule has 0 bridgehead atoms. The number of carbonyl (C=O) groups excluding carboxylic acids is 1. The monoisotopic (exact) mass is 289 g/mol. The molecule has 0 saturated heterocycles. The van der Waals surface area contributed by atoms with Gasteiger partial charge in [0, 0.05) is 10.4 Å². The van der Waals surface area contributed by atoms with Crippen LogP contribution in [0.4, 0.5) is 0 Å². The SMILES string of the molecule is NC(=NO)c1ccc(CC(=O)NCc2cccs2)cc1. The number of hydrogen-bond donors (Lipinski definition) is 3. The molecule has 0 aliphatic rings. The molecule has 2 rings (SSSR count). The van der Waals surface area contributed by atoms with Crippen LogP contribution in [0.3, 0.4) is 0 Å². The van der Waals surface area contributed by atoms with E-state index in [2.05, 4.69) is 10.5 Å². The number of hydrogen-bond acceptors (Lipinski definition) is 4. The van der Waals surface area contributed by atoms with Crippen LogP contribution in [-0.4, -0.2) is 17.0 Å². The molecule has 1 aromatic carbocycles. The maximum absolute atomic E-state index is 11.8. The zero-order valence-electron chi connectivity index (χ0n) is 10.7. The summed E-state index contributed by atoms with van der Waals surface area (Å²) < 4.78 is 0. The van der Waals surface area contributed by atoms with Crippen molar-refractivity contribution in [3.63, 3.8) is 0 Å². The van der Waals surface area contributed by atoms with Gasteiger partial charge in [-0.2, -0.15) is 0 Å². The number of thiophene rings is 1. The minimum atomic E-state index is -0.0325. The van der Waals surface area contributed by atoms with Crippen molar-refractivity contribution < 1.29 is 10.0 Å². The average Bonchev–Trinajstić information content (AvgIpc) is 2.98. The second-order valence-corrected chi connectivity index (χ2v) is 5.25. The van der Waals surface area contributed by atoms with Crippen molar-refractivity contribution in [3.05, 3.63) is 57.8 Å². The number of nitrogens with one attached hydrogen (secondary N) is 1. The summed E-state index contributed by atoms with van der Waals surface area (Å²) in [5.74, 6) is 0.0219. The second kappa shape index (κ2) is 6.72. The first-order valence-electron chi connectivity index (χ1n) is 6.05. The molecule has 2 aromatic rings. The Morgan fingerprint density at radius 1 is 1.30 bits per heavy atom. The summed E-state index contributed by atoms with van der Waals surface area (Å²) >= 11 is 1.61. The predicted octanol–water partition coefficient (Wildman–Crippen LogP) is 1.70. The van der Waals surface area contributed by atoms with Crippen LogP contribution in [0.15, 0.2) is 46.9 Å². The van der Waals surface area contributed by atoms with Gasteiger partial charge in [0.15, 0.2) is 5.84 Å². The third-order valence-electron chi connectivity index (χ3n) is 2.76. The normalized spacial score (nSPS) is 11.3. The van der Waals surface area contributed by atoms with Gasteiger partial charge < -0.3 is 16.3 Å². The van der Waals surface area contributed by atoms with Gasteiger partial charge >= 0.3 is 0 Å². The zero-order chi connectivity index (χ0) is 14.4. The Morgan fingerprint density at radius 3 is 2.65 bits per heavy atom. The lowest BCUT2D eigenvalue weighted by Crippen LogP contribution is -2.24. The minimum Gasteiger partial charge on any atom is -0.409 e.